The molecule has 0 bridgehead atoms. The van der Waals surface area contributed by atoms with Crippen LogP contribution in [-0.2, 0) is 11.2 Å². The van der Waals surface area contributed by atoms with E-state index in [0.717, 1.165) is 23.2 Å². The average Bonchev–Trinajstić information content (AvgIpc) is 3.28. The lowest BCUT2D eigenvalue weighted by Gasteiger charge is -2.27. The average molecular weight is 399 g/mol. The molecular formula is C25H26N4O. The summed E-state index contributed by atoms with van der Waals surface area (Å²) in [7, 11) is 0. The van der Waals surface area contributed by atoms with E-state index >= 15 is 0 Å². The lowest BCUT2D eigenvalue weighted by Crippen LogP contribution is -2.36. The molecule has 0 saturated carbocycles. The van der Waals surface area contributed by atoms with Gasteiger partial charge in [0.05, 0.1) is 5.70 Å². The monoisotopic (exact) mass is 398 g/mol. The number of aliphatic imine (C=N–C) groups is 1. The number of rotatable bonds is 5. The highest BCUT2D eigenvalue weighted by Crippen LogP contribution is 2.35. The van der Waals surface area contributed by atoms with Crippen molar-refractivity contribution < 1.29 is 4.79 Å². The van der Waals surface area contributed by atoms with Crippen LogP contribution >= 0.6 is 0 Å². The van der Waals surface area contributed by atoms with Gasteiger partial charge in [0.25, 0.3) is 0 Å². The first kappa shape index (κ1) is 19.8. The van der Waals surface area contributed by atoms with Gasteiger partial charge in [-0.1, -0.05) is 68.4 Å². The van der Waals surface area contributed by atoms with Gasteiger partial charge in [-0.05, 0) is 42.0 Å². The fourth-order valence-corrected chi connectivity index (χ4v) is 3.80. The molecule has 4 rings (SSSR count). The van der Waals surface area contributed by atoms with E-state index < -0.39 is 6.04 Å². The Hall–Kier alpha value is -3.47. The summed E-state index contributed by atoms with van der Waals surface area (Å²) >= 11 is 0. The van der Waals surface area contributed by atoms with Crippen LogP contribution in [0.1, 0.15) is 43.5 Å². The maximum absolute atomic E-state index is 12.8. The van der Waals surface area contributed by atoms with Gasteiger partial charge >= 0.3 is 0 Å². The molecule has 1 aliphatic rings. The SMILES string of the molecule is CC(=O)C1=C(c2ccccc2)NC(n2cccn2)=NC1c1ccc(CC(C)C)cc1. The normalized spacial score (nSPS) is 16.4. The predicted molar refractivity (Wildman–Crippen MR) is 120 cm³/mol. The van der Waals surface area contributed by atoms with Gasteiger partial charge in [-0.2, -0.15) is 5.10 Å². The topological polar surface area (TPSA) is 59.3 Å². The third-order valence-corrected chi connectivity index (χ3v) is 5.13. The molecule has 1 atom stereocenters. The molecule has 0 radical (unpaired) electrons. The van der Waals surface area contributed by atoms with E-state index in [9.17, 15) is 4.79 Å². The number of hydrogen-bond donors (Lipinski definition) is 1. The second-order valence-electron chi connectivity index (χ2n) is 7.98. The Morgan fingerprint density at radius 1 is 1.07 bits per heavy atom. The molecule has 0 spiro atoms. The number of aromatic nitrogens is 2. The smallest absolute Gasteiger partial charge is 0.224 e. The molecule has 152 valence electrons. The summed E-state index contributed by atoms with van der Waals surface area (Å²) < 4.78 is 1.69. The number of nitrogens with one attached hydrogen (secondary N) is 1. The molecule has 5 nitrogen and oxygen atoms in total. The Morgan fingerprint density at radius 2 is 1.80 bits per heavy atom. The maximum Gasteiger partial charge on any atom is 0.224 e. The molecule has 3 aromatic rings. The second kappa shape index (κ2) is 8.49. The number of hydrogen-bond acceptors (Lipinski definition) is 4. The van der Waals surface area contributed by atoms with Gasteiger partial charge in [-0.3, -0.25) is 4.79 Å². The molecule has 2 heterocycles. The quantitative estimate of drug-likeness (QED) is 0.682. The Kier molecular flexibility index (Phi) is 5.61. The van der Waals surface area contributed by atoms with Crippen LogP contribution < -0.4 is 5.32 Å². The van der Waals surface area contributed by atoms with Crippen molar-refractivity contribution in [2.75, 3.05) is 0 Å². The highest BCUT2D eigenvalue weighted by Gasteiger charge is 2.30. The van der Waals surface area contributed by atoms with E-state index in [0.29, 0.717) is 17.5 Å². The lowest BCUT2D eigenvalue weighted by atomic mass is 9.90. The van der Waals surface area contributed by atoms with E-state index in [1.54, 1.807) is 17.8 Å². The first-order valence-corrected chi connectivity index (χ1v) is 10.3. The van der Waals surface area contributed by atoms with Crippen LogP contribution in [0.2, 0.25) is 0 Å². The summed E-state index contributed by atoms with van der Waals surface area (Å²) in [5.74, 6) is 1.19. The van der Waals surface area contributed by atoms with Crippen molar-refractivity contribution in [1.82, 2.24) is 15.1 Å². The molecule has 2 aromatic carbocycles. The summed E-state index contributed by atoms with van der Waals surface area (Å²) in [4.78, 5) is 17.7. The largest absolute Gasteiger partial charge is 0.323 e. The molecular weight excluding hydrogens is 372 g/mol. The fourth-order valence-electron chi connectivity index (χ4n) is 3.80. The number of nitrogens with zero attached hydrogens (tertiary/aromatic N) is 3. The number of Topliss-reactive ketones (excluding diaryl/α,β-unsaturated/α-hetero) is 1. The molecule has 1 unspecified atom stereocenters. The first-order chi connectivity index (χ1) is 14.5. The van der Waals surface area contributed by atoms with E-state index in [1.165, 1.54) is 5.56 Å². The van der Waals surface area contributed by atoms with Crippen molar-refractivity contribution in [2.45, 2.75) is 33.2 Å². The molecule has 5 heteroatoms. The van der Waals surface area contributed by atoms with Crippen LogP contribution in [0, 0.1) is 5.92 Å². The van der Waals surface area contributed by atoms with Crippen LogP contribution in [0.3, 0.4) is 0 Å². The zero-order valence-corrected chi connectivity index (χ0v) is 17.5. The van der Waals surface area contributed by atoms with Crippen molar-refractivity contribution in [3.8, 4) is 0 Å². The minimum Gasteiger partial charge on any atom is -0.323 e. The Bertz CT molecular complexity index is 1080. The molecule has 0 aliphatic carbocycles. The van der Waals surface area contributed by atoms with E-state index in [4.69, 9.17) is 4.99 Å². The first-order valence-electron chi connectivity index (χ1n) is 10.3. The highest BCUT2D eigenvalue weighted by molar-refractivity contribution is 6.07. The zero-order chi connectivity index (χ0) is 21.1. The minimum absolute atomic E-state index is 0.000810. The fraction of sp³-hybridized carbons (Fsp3) is 0.240. The van der Waals surface area contributed by atoms with Crippen LogP contribution in [-0.4, -0.2) is 21.5 Å². The highest BCUT2D eigenvalue weighted by atomic mass is 16.1. The standard InChI is InChI=1S/C25H26N4O/c1-17(2)16-19-10-12-21(13-11-19)24-22(18(3)30)23(20-8-5-4-6-9-20)27-25(28-24)29-15-7-14-26-29/h4-15,17,24H,16H2,1-3H3,(H,27,28). The number of ketones is 1. The maximum atomic E-state index is 12.8. The van der Waals surface area contributed by atoms with Crippen molar-refractivity contribution in [2.24, 2.45) is 10.9 Å². The van der Waals surface area contributed by atoms with Crippen molar-refractivity contribution in [3.05, 3.63) is 95.3 Å². The molecule has 30 heavy (non-hydrogen) atoms. The number of carbonyl (C=O) groups excluding carboxylic acids is 1. The van der Waals surface area contributed by atoms with E-state index in [1.807, 2.05) is 42.6 Å². The second-order valence-corrected chi connectivity index (χ2v) is 7.98. The Balaban J connectivity index is 1.83. The third kappa shape index (κ3) is 4.10. The summed E-state index contributed by atoms with van der Waals surface area (Å²) in [5, 5.41) is 7.68. The van der Waals surface area contributed by atoms with E-state index in [-0.39, 0.29) is 5.78 Å². The third-order valence-electron chi connectivity index (χ3n) is 5.13. The summed E-state index contributed by atoms with van der Waals surface area (Å²) in [5.41, 5.74) is 4.67. The van der Waals surface area contributed by atoms with Crippen molar-refractivity contribution in [3.63, 3.8) is 0 Å². The summed E-state index contributed by atoms with van der Waals surface area (Å²) in [6, 6.07) is 19.8. The zero-order valence-electron chi connectivity index (χ0n) is 17.5. The predicted octanol–water partition coefficient (Wildman–Crippen LogP) is 4.63. The molecule has 0 fully saturated rings. The van der Waals surface area contributed by atoms with Gasteiger partial charge < -0.3 is 5.32 Å². The number of benzene rings is 2. The van der Waals surface area contributed by atoms with Gasteiger partial charge in [-0.15, -0.1) is 0 Å². The minimum atomic E-state index is -0.397. The van der Waals surface area contributed by atoms with Crippen molar-refractivity contribution >= 4 is 17.4 Å². The Morgan fingerprint density at radius 3 is 2.40 bits per heavy atom. The van der Waals surface area contributed by atoms with Gasteiger partial charge in [0, 0.05) is 18.0 Å². The summed E-state index contributed by atoms with van der Waals surface area (Å²) in [6.45, 7) is 6.03. The van der Waals surface area contributed by atoms with Crippen LogP contribution in [0.15, 0.2) is 83.6 Å². The molecule has 1 aromatic heterocycles. The van der Waals surface area contributed by atoms with Crippen molar-refractivity contribution in [1.29, 1.82) is 0 Å². The molecule has 1 aliphatic heterocycles. The lowest BCUT2D eigenvalue weighted by molar-refractivity contribution is -0.113. The number of carbonyl (C=O) groups is 1. The molecule has 0 saturated heterocycles. The van der Waals surface area contributed by atoms with Gasteiger partial charge in [0.2, 0.25) is 5.96 Å². The Labute approximate surface area is 177 Å². The van der Waals surface area contributed by atoms with Crippen LogP contribution in [0.4, 0.5) is 0 Å². The van der Waals surface area contributed by atoms with Gasteiger partial charge in [0.1, 0.15) is 6.04 Å². The van der Waals surface area contributed by atoms with Gasteiger partial charge in [-0.25, -0.2) is 9.67 Å². The molecule has 1 N–H and O–H groups in total. The van der Waals surface area contributed by atoms with Gasteiger partial charge in [0.15, 0.2) is 5.78 Å². The molecule has 0 amide bonds. The van der Waals surface area contributed by atoms with E-state index in [2.05, 4.69) is 48.5 Å². The van der Waals surface area contributed by atoms with Crippen LogP contribution in [0.5, 0.6) is 0 Å². The van der Waals surface area contributed by atoms with Crippen LogP contribution in [0.25, 0.3) is 5.70 Å². The summed E-state index contributed by atoms with van der Waals surface area (Å²) in [6.07, 6.45) is 4.58.